The Morgan fingerprint density at radius 3 is 2.68 bits per heavy atom. The third-order valence-corrected chi connectivity index (χ3v) is 6.44. The van der Waals surface area contributed by atoms with Crippen LogP contribution in [0.1, 0.15) is 36.5 Å². The van der Waals surface area contributed by atoms with Gasteiger partial charge in [0.2, 0.25) is 0 Å². The summed E-state index contributed by atoms with van der Waals surface area (Å²) in [6.45, 7) is 6.40. The van der Waals surface area contributed by atoms with Crippen molar-refractivity contribution < 1.29 is 0 Å². The second kappa shape index (κ2) is 6.92. The van der Waals surface area contributed by atoms with E-state index in [0.717, 1.165) is 39.4 Å². The molecule has 3 heterocycles. The number of fused-ring (bicyclic) bond motifs is 1. The Bertz CT molecular complexity index is 902. The van der Waals surface area contributed by atoms with E-state index in [0.29, 0.717) is 0 Å². The van der Waals surface area contributed by atoms with E-state index in [-0.39, 0.29) is 6.04 Å². The standard InChI is InChI=1S/C19H21BrN4S/c1-12(17-7-8-18(20)25-17)21-19-15-11-14(24-9-3-4-10-24)5-6-16(15)22-13(2)23-19/h5-8,11-12H,3-4,9-10H2,1-2H3,(H,21,22,23)/t12-/m1/s1. The van der Waals surface area contributed by atoms with E-state index in [2.05, 4.69) is 68.4 Å². The molecule has 0 aliphatic carbocycles. The Kier molecular flexibility index (Phi) is 4.65. The number of thiophene rings is 1. The number of benzene rings is 1. The van der Waals surface area contributed by atoms with Gasteiger partial charge < -0.3 is 10.2 Å². The first-order chi connectivity index (χ1) is 12.1. The average Bonchev–Trinajstić information content (AvgIpc) is 3.26. The van der Waals surface area contributed by atoms with E-state index in [4.69, 9.17) is 4.98 Å². The molecule has 1 saturated heterocycles. The maximum absolute atomic E-state index is 4.69. The number of aromatic nitrogens is 2. The molecule has 0 amide bonds. The van der Waals surface area contributed by atoms with E-state index >= 15 is 0 Å². The topological polar surface area (TPSA) is 41.1 Å². The summed E-state index contributed by atoms with van der Waals surface area (Å²) in [5, 5.41) is 4.69. The highest BCUT2D eigenvalue weighted by molar-refractivity contribution is 9.11. The number of nitrogens with one attached hydrogen (secondary N) is 1. The van der Waals surface area contributed by atoms with Crippen molar-refractivity contribution in [2.45, 2.75) is 32.7 Å². The van der Waals surface area contributed by atoms with Gasteiger partial charge in [0, 0.05) is 29.0 Å². The van der Waals surface area contributed by atoms with Gasteiger partial charge in [-0.2, -0.15) is 0 Å². The van der Waals surface area contributed by atoms with Crippen LogP contribution in [0.2, 0.25) is 0 Å². The molecule has 1 fully saturated rings. The minimum absolute atomic E-state index is 0.198. The highest BCUT2D eigenvalue weighted by Gasteiger charge is 2.16. The number of rotatable bonds is 4. The van der Waals surface area contributed by atoms with Crippen LogP contribution < -0.4 is 10.2 Å². The third-order valence-electron chi connectivity index (χ3n) is 4.64. The van der Waals surface area contributed by atoms with Crippen LogP contribution in [0.15, 0.2) is 34.1 Å². The normalized spacial score (nSPS) is 15.7. The van der Waals surface area contributed by atoms with Crippen molar-refractivity contribution in [3.8, 4) is 0 Å². The summed E-state index contributed by atoms with van der Waals surface area (Å²) in [7, 11) is 0. The van der Waals surface area contributed by atoms with E-state index in [9.17, 15) is 0 Å². The molecule has 0 radical (unpaired) electrons. The predicted octanol–water partition coefficient (Wildman–Crippen LogP) is 5.54. The van der Waals surface area contributed by atoms with Gasteiger partial charge in [-0.25, -0.2) is 9.97 Å². The van der Waals surface area contributed by atoms with Crippen LogP contribution in [0.4, 0.5) is 11.5 Å². The minimum atomic E-state index is 0.198. The quantitative estimate of drug-likeness (QED) is 0.606. The van der Waals surface area contributed by atoms with Gasteiger partial charge in [0.1, 0.15) is 11.6 Å². The zero-order valence-corrected chi connectivity index (χ0v) is 16.8. The first-order valence-corrected chi connectivity index (χ1v) is 10.3. The molecule has 4 nitrogen and oxygen atoms in total. The fraction of sp³-hybridized carbons (Fsp3) is 0.368. The third kappa shape index (κ3) is 3.51. The fourth-order valence-electron chi connectivity index (χ4n) is 3.35. The molecular weight excluding hydrogens is 396 g/mol. The van der Waals surface area contributed by atoms with Gasteiger partial charge in [0.15, 0.2) is 0 Å². The van der Waals surface area contributed by atoms with Crippen LogP contribution in [0.5, 0.6) is 0 Å². The number of anilines is 2. The molecule has 1 aliphatic rings. The highest BCUT2D eigenvalue weighted by Crippen LogP contribution is 2.32. The monoisotopic (exact) mass is 416 g/mol. The SMILES string of the molecule is Cc1nc(N[C@H](C)c2ccc(Br)s2)c2cc(N3CCCC3)ccc2n1. The Morgan fingerprint density at radius 1 is 1.16 bits per heavy atom. The van der Waals surface area contributed by atoms with Gasteiger partial charge in [0.05, 0.1) is 15.3 Å². The minimum Gasteiger partial charge on any atom is -0.372 e. The molecule has 0 saturated carbocycles. The highest BCUT2D eigenvalue weighted by atomic mass is 79.9. The van der Waals surface area contributed by atoms with Crippen LogP contribution in [0.25, 0.3) is 10.9 Å². The Hall–Kier alpha value is -1.66. The maximum atomic E-state index is 4.69. The zero-order valence-electron chi connectivity index (χ0n) is 14.4. The summed E-state index contributed by atoms with van der Waals surface area (Å²) in [6.07, 6.45) is 2.55. The van der Waals surface area contributed by atoms with Crippen LogP contribution in [-0.2, 0) is 0 Å². The van der Waals surface area contributed by atoms with Crippen LogP contribution >= 0.6 is 27.3 Å². The molecule has 2 aromatic heterocycles. The summed E-state index contributed by atoms with van der Waals surface area (Å²) in [5.41, 5.74) is 2.27. The Morgan fingerprint density at radius 2 is 1.96 bits per heavy atom. The van der Waals surface area contributed by atoms with Crippen LogP contribution in [0.3, 0.4) is 0 Å². The lowest BCUT2D eigenvalue weighted by molar-refractivity contribution is 0.892. The van der Waals surface area contributed by atoms with Crippen LogP contribution in [-0.4, -0.2) is 23.1 Å². The molecule has 4 rings (SSSR count). The molecule has 130 valence electrons. The first-order valence-electron chi connectivity index (χ1n) is 8.65. The molecule has 1 N–H and O–H groups in total. The van der Waals surface area contributed by atoms with E-state index < -0.39 is 0 Å². The lowest BCUT2D eigenvalue weighted by atomic mass is 10.1. The lowest BCUT2D eigenvalue weighted by Gasteiger charge is -2.20. The van der Waals surface area contributed by atoms with Gasteiger partial charge in [-0.3, -0.25) is 0 Å². The van der Waals surface area contributed by atoms with Crippen molar-refractivity contribution in [1.29, 1.82) is 0 Å². The first kappa shape index (κ1) is 16.8. The molecule has 1 atom stereocenters. The summed E-state index contributed by atoms with van der Waals surface area (Å²) < 4.78 is 1.15. The number of hydrogen-bond donors (Lipinski definition) is 1. The second-order valence-electron chi connectivity index (χ2n) is 6.52. The molecule has 6 heteroatoms. The summed E-state index contributed by atoms with van der Waals surface area (Å²) in [6, 6.07) is 11.0. The van der Waals surface area contributed by atoms with E-state index in [1.165, 1.54) is 23.4 Å². The number of aryl methyl sites for hydroxylation is 1. The van der Waals surface area contributed by atoms with Gasteiger partial charge in [0.25, 0.3) is 0 Å². The maximum Gasteiger partial charge on any atom is 0.138 e. The Labute approximate surface area is 160 Å². The van der Waals surface area contributed by atoms with Gasteiger partial charge >= 0.3 is 0 Å². The van der Waals surface area contributed by atoms with E-state index in [1.54, 1.807) is 11.3 Å². The van der Waals surface area contributed by atoms with Crippen molar-refractivity contribution in [1.82, 2.24) is 9.97 Å². The van der Waals surface area contributed by atoms with Crippen molar-refractivity contribution in [3.63, 3.8) is 0 Å². The summed E-state index contributed by atoms with van der Waals surface area (Å²) in [4.78, 5) is 13.0. The second-order valence-corrected chi connectivity index (χ2v) is 9.02. The molecule has 1 aromatic carbocycles. The van der Waals surface area contributed by atoms with E-state index in [1.807, 2.05) is 6.92 Å². The molecule has 3 aromatic rings. The molecular formula is C19H21BrN4S. The van der Waals surface area contributed by atoms with Crippen molar-refractivity contribution in [2.75, 3.05) is 23.3 Å². The van der Waals surface area contributed by atoms with Gasteiger partial charge in [-0.1, -0.05) is 0 Å². The largest absolute Gasteiger partial charge is 0.372 e. The van der Waals surface area contributed by atoms with Crippen molar-refractivity contribution in [2.24, 2.45) is 0 Å². The van der Waals surface area contributed by atoms with Crippen molar-refractivity contribution in [3.05, 3.63) is 44.8 Å². The fourth-order valence-corrected chi connectivity index (χ4v) is 4.78. The van der Waals surface area contributed by atoms with Crippen molar-refractivity contribution >= 4 is 49.7 Å². The van der Waals surface area contributed by atoms with Crippen LogP contribution in [0, 0.1) is 6.92 Å². The smallest absolute Gasteiger partial charge is 0.138 e. The number of halogens is 1. The molecule has 1 aliphatic heterocycles. The zero-order chi connectivity index (χ0) is 17.4. The summed E-state index contributed by atoms with van der Waals surface area (Å²) in [5.74, 6) is 1.71. The molecule has 0 bridgehead atoms. The Balaban J connectivity index is 1.71. The number of hydrogen-bond acceptors (Lipinski definition) is 5. The molecule has 0 unspecified atom stereocenters. The predicted molar refractivity (Wildman–Crippen MR) is 110 cm³/mol. The van der Waals surface area contributed by atoms with Gasteiger partial charge in [-0.05, 0) is 73.0 Å². The molecule has 25 heavy (non-hydrogen) atoms. The molecule has 0 spiro atoms. The average molecular weight is 417 g/mol. The number of nitrogens with zero attached hydrogens (tertiary/aromatic N) is 3. The van der Waals surface area contributed by atoms with Gasteiger partial charge in [-0.15, -0.1) is 11.3 Å². The summed E-state index contributed by atoms with van der Waals surface area (Å²) >= 11 is 5.29. The lowest BCUT2D eigenvalue weighted by Crippen LogP contribution is -2.17.